The minimum absolute atomic E-state index is 0.591. The lowest BCUT2D eigenvalue weighted by Crippen LogP contribution is -2.28. The average Bonchev–Trinajstić information content (AvgIpc) is 3.10. The van der Waals surface area contributed by atoms with Crippen LogP contribution in [0.2, 0.25) is 0 Å². The molecule has 1 saturated heterocycles. The summed E-state index contributed by atoms with van der Waals surface area (Å²) >= 11 is 0. The van der Waals surface area contributed by atoms with E-state index in [1.54, 1.807) is 0 Å². The first-order chi connectivity index (χ1) is 9.40. The van der Waals surface area contributed by atoms with E-state index >= 15 is 0 Å². The molecule has 0 radical (unpaired) electrons. The number of hydrogen-bond acceptors (Lipinski definition) is 2. The predicted octanol–water partition coefficient (Wildman–Crippen LogP) is 4.14. The van der Waals surface area contributed by atoms with E-state index in [2.05, 4.69) is 12.2 Å². The fourth-order valence-corrected chi connectivity index (χ4v) is 3.88. The van der Waals surface area contributed by atoms with Crippen molar-refractivity contribution in [2.24, 2.45) is 11.8 Å². The SMILES string of the molecule is CCCNCC(CCCC1CCCO1)C1CCCC1. The number of rotatable bonds is 9. The molecule has 2 rings (SSSR count). The Hall–Kier alpha value is -0.0800. The van der Waals surface area contributed by atoms with E-state index in [4.69, 9.17) is 4.74 Å². The molecule has 1 N–H and O–H groups in total. The number of hydrogen-bond donors (Lipinski definition) is 1. The molecule has 19 heavy (non-hydrogen) atoms. The highest BCUT2D eigenvalue weighted by Gasteiger charge is 2.25. The topological polar surface area (TPSA) is 21.3 Å². The van der Waals surface area contributed by atoms with Gasteiger partial charge >= 0.3 is 0 Å². The molecule has 1 heterocycles. The van der Waals surface area contributed by atoms with Gasteiger partial charge in [-0.3, -0.25) is 0 Å². The summed E-state index contributed by atoms with van der Waals surface area (Å²) < 4.78 is 5.74. The summed E-state index contributed by atoms with van der Waals surface area (Å²) in [5, 5.41) is 3.66. The summed E-state index contributed by atoms with van der Waals surface area (Å²) in [6.45, 7) is 5.71. The third-order valence-electron chi connectivity index (χ3n) is 5.02. The maximum atomic E-state index is 5.74. The molecule has 2 atom stereocenters. The van der Waals surface area contributed by atoms with Crippen LogP contribution in [0.25, 0.3) is 0 Å². The van der Waals surface area contributed by atoms with Crippen LogP contribution in [0.4, 0.5) is 0 Å². The highest BCUT2D eigenvalue weighted by molar-refractivity contribution is 4.78. The lowest BCUT2D eigenvalue weighted by Gasteiger charge is -2.24. The maximum Gasteiger partial charge on any atom is 0.0576 e. The second-order valence-electron chi connectivity index (χ2n) is 6.57. The lowest BCUT2D eigenvalue weighted by molar-refractivity contribution is 0.0995. The molecular weight excluding hydrogens is 234 g/mol. The van der Waals surface area contributed by atoms with Gasteiger partial charge in [0.15, 0.2) is 0 Å². The van der Waals surface area contributed by atoms with Gasteiger partial charge in [-0.1, -0.05) is 39.0 Å². The van der Waals surface area contributed by atoms with E-state index in [0.29, 0.717) is 6.10 Å². The van der Waals surface area contributed by atoms with E-state index in [-0.39, 0.29) is 0 Å². The molecule has 1 aliphatic heterocycles. The third-order valence-corrected chi connectivity index (χ3v) is 5.02. The average molecular weight is 267 g/mol. The first-order valence-electron chi connectivity index (χ1n) is 8.72. The molecule has 0 spiro atoms. The van der Waals surface area contributed by atoms with Gasteiger partial charge in [0.2, 0.25) is 0 Å². The van der Waals surface area contributed by atoms with Crippen LogP contribution < -0.4 is 5.32 Å². The van der Waals surface area contributed by atoms with Crippen LogP contribution in [0.5, 0.6) is 0 Å². The molecule has 2 heteroatoms. The van der Waals surface area contributed by atoms with Crippen LogP contribution in [0, 0.1) is 11.8 Å². The van der Waals surface area contributed by atoms with Crippen LogP contribution in [0.15, 0.2) is 0 Å². The maximum absolute atomic E-state index is 5.74. The molecule has 112 valence electrons. The molecule has 0 aromatic carbocycles. The summed E-state index contributed by atoms with van der Waals surface area (Å²) in [5.74, 6) is 1.93. The van der Waals surface area contributed by atoms with Crippen molar-refractivity contribution >= 4 is 0 Å². The standard InChI is InChI=1S/C17H33NO/c1-2-12-18-14-16(15-7-3-4-8-15)9-5-10-17-11-6-13-19-17/h15-18H,2-14H2,1H3. The third kappa shape index (κ3) is 5.43. The minimum atomic E-state index is 0.591. The number of ether oxygens (including phenoxy) is 1. The Morgan fingerprint density at radius 1 is 1.16 bits per heavy atom. The summed E-state index contributed by atoms with van der Waals surface area (Å²) in [7, 11) is 0. The lowest BCUT2D eigenvalue weighted by atomic mass is 9.86. The van der Waals surface area contributed by atoms with E-state index in [1.807, 2.05) is 0 Å². The van der Waals surface area contributed by atoms with Gasteiger partial charge in [0.1, 0.15) is 0 Å². The van der Waals surface area contributed by atoms with Crippen LogP contribution in [0.1, 0.15) is 71.1 Å². The molecular formula is C17H33NO. The van der Waals surface area contributed by atoms with Gasteiger partial charge in [-0.15, -0.1) is 0 Å². The van der Waals surface area contributed by atoms with E-state index < -0.39 is 0 Å². The molecule has 0 amide bonds. The van der Waals surface area contributed by atoms with Crippen LogP contribution >= 0.6 is 0 Å². The molecule has 1 saturated carbocycles. The van der Waals surface area contributed by atoms with Crippen molar-refractivity contribution in [3.05, 3.63) is 0 Å². The van der Waals surface area contributed by atoms with Crippen LogP contribution in [0.3, 0.4) is 0 Å². The van der Waals surface area contributed by atoms with E-state index in [9.17, 15) is 0 Å². The van der Waals surface area contributed by atoms with Crippen LogP contribution in [-0.4, -0.2) is 25.8 Å². The Morgan fingerprint density at radius 2 is 2.00 bits per heavy atom. The normalized spacial score (nSPS) is 26.1. The smallest absolute Gasteiger partial charge is 0.0576 e. The van der Waals surface area contributed by atoms with Crippen molar-refractivity contribution in [3.63, 3.8) is 0 Å². The second-order valence-corrected chi connectivity index (χ2v) is 6.57. The van der Waals surface area contributed by atoms with Crippen molar-refractivity contribution in [3.8, 4) is 0 Å². The summed E-state index contributed by atoms with van der Waals surface area (Å²) in [6.07, 6.45) is 14.5. The second kappa shape index (κ2) is 8.97. The largest absolute Gasteiger partial charge is 0.378 e. The molecule has 0 aromatic heterocycles. The Balaban J connectivity index is 1.65. The zero-order valence-corrected chi connectivity index (χ0v) is 12.8. The number of nitrogens with one attached hydrogen (secondary N) is 1. The van der Waals surface area contributed by atoms with Gasteiger partial charge in [-0.05, 0) is 57.0 Å². The Morgan fingerprint density at radius 3 is 2.68 bits per heavy atom. The van der Waals surface area contributed by atoms with Gasteiger partial charge in [-0.2, -0.15) is 0 Å². The van der Waals surface area contributed by atoms with Crippen molar-refractivity contribution < 1.29 is 4.74 Å². The van der Waals surface area contributed by atoms with Crippen molar-refractivity contribution in [2.75, 3.05) is 19.7 Å². The fourth-order valence-electron chi connectivity index (χ4n) is 3.88. The summed E-state index contributed by atoms with van der Waals surface area (Å²) in [6, 6.07) is 0. The quantitative estimate of drug-likeness (QED) is 0.634. The molecule has 0 aromatic rings. The Kier molecular flexibility index (Phi) is 7.23. The van der Waals surface area contributed by atoms with E-state index in [1.165, 1.54) is 77.3 Å². The van der Waals surface area contributed by atoms with Crippen molar-refractivity contribution in [1.29, 1.82) is 0 Å². The predicted molar refractivity (Wildman–Crippen MR) is 81.4 cm³/mol. The molecule has 0 bridgehead atoms. The van der Waals surface area contributed by atoms with Gasteiger partial charge in [0.25, 0.3) is 0 Å². The van der Waals surface area contributed by atoms with E-state index in [0.717, 1.165) is 18.4 Å². The van der Waals surface area contributed by atoms with Gasteiger partial charge in [0, 0.05) is 6.61 Å². The van der Waals surface area contributed by atoms with Gasteiger partial charge in [-0.25, -0.2) is 0 Å². The van der Waals surface area contributed by atoms with Crippen LogP contribution in [-0.2, 0) is 4.74 Å². The Labute approximate surface area is 119 Å². The highest BCUT2D eigenvalue weighted by atomic mass is 16.5. The molecule has 2 unspecified atom stereocenters. The summed E-state index contributed by atoms with van der Waals surface area (Å²) in [4.78, 5) is 0. The molecule has 1 aliphatic carbocycles. The Bertz CT molecular complexity index is 219. The van der Waals surface area contributed by atoms with Gasteiger partial charge in [0.05, 0.1) is 6.10 Å². The summed E-state index contributed by atoms with van der Waals surface area (Å²) in [5.41, 5.74) is 0. The van der Waals surface area contributed by atoms with Crippen molar-refractivity contribution in [1.82, 2.24) is 5.32 Å². The zero-order valence-electron chi connectivity index (χ0n) is 12.8. The molecule has 2 aliphatic rings. The minimum Gasteiger partial charge on any atom is -0.378 e. The highest BCUT2D eigenvalue weighted by Crippen LogP contribution is 2.34. The molecule has 2 nitrogen and oxygen atoms in total. The monoisotopic (exact) mass is 267 g/mol. The first-order valence-corrected chi connectivity index (χ1v) is 8.72. The first kappa shape index (κ1) is 15.3. The van der Waals surface area contributed by atoms with Crippen molar-refractivity contribution in [2.45, 2.75) is 77.2 Å². The zero-order chi connectivity index (χ0) is 13.3. The fraction of sp³-hybridized carbons (Fsp3) is 1.00. The van der Waals surface area contributed by atoms with Gasteiger partial charge < -0.3 is 10.1 Å². The molecule has 2 fully saturated rings.